The minimum absolute atomic E-state index is 0.103. The zero-order valence-electron chi connectivity index (χ0n) is 26.3. The van der Waals surface area contributed by atoms with Crippen molar-refractivity contribution in [1.29, 1.82) is 0 Å². The molecule has 4 rings (SSSR count). The fourth-order valence-corrected chi connectivity index (χ4v) is 7.82. The largest absolute Gasteiger partial charge is 0.466 e. The number of aryl methyl sites for hydroxylation is 3. The van der Waals surface area contributed by atoms with Crippen LogP contribution in [0.3, 0.4) is 0 Å². The van der Waals surface area contributed by atoms with Gasteiger partial charge < -0.3 is 9.64 Å². The standard InChI is InChI=1S/C35H45FN2O4S/c1-7-42-35(39)21-33(32-14-13-31(36)18-26(32)4)28-12-10-25(3)30(20-28)23-38-22-24(2)17-29-19-27(9-8-16-37(5)6)11-15-34(29)43(38,40)41/h10-15,18-20,24,33H,7-9,16-17,21-23H2,1-6H3. The van der Waals surface area contributed by atoms with Crippen molar-refractivity contribution in [2.75, 3.05) is 33.8 Å². The monoisotopic (exact) mass is 608 g/mol. The van der Waals surface area contributed by atoms with Crippen LogP contribution in [0.4, 0.5) is 4.39 Å². The molecule has 0 radical (unpaired) electrons. The molecule has 0 fully saturated rings. The Morgan fingerprint density at radius 2 is 1.84 bits per heavy atom. The molecule has 43 heavy (non-hydrogen) atoms. The lowest BCUT2D eigenvalue weighted by Gasteiger charge is -2.25. The molecule has 0 saturated carbocycles. The Balaban J connectivity index is 1.67. The van der Waals surface area contributed by atoms with Gasteiger partial charge in [-0.25, -0.2) is 12.8 Å². The second-order valence-corrected chi connectivity index (χ2v) is 14.1. The van der Waals surface area contributed by atoms with Gasteiger partial charge in [0.05, 0.1) is 17.9 Å². The SMILES string of the molecule is CCOC(=O)CC(c1ccc(C)c(CN2CC(C)Cc3cc(CCCN(C)C)ccc3S2(=O)=O)c1)c1ccc(F)cc1C. The van der Waals surface area contributed by atoms with Crippen LogP contribution >= 0.6 is 0 Å². The Morgan fingerprint density at radius 1 is 1.07 bits per heavy atom. The van der Waals surface area contributed by atoms with Crippen LogP contribution in [0.2, 0.25) is 0 Å². The predicted molar refractivity (Wildman–Crippen MR) is 169 cm³/mol. The van der Waals surface area contributed by atoms with Crippen molar-refractivity contribution in [3.8, 4) is 0 Å². The minimum atomic E-state index is -3.73. The van der Waals surface area contributed by atoms with E-state index in [9.17, 15) is 17.6 Å². The number of esters is 1. The molecule has 3 aromatic carbocycles. The van der Waals surface area contributed by atoms with Crippen LogP contribution in [0.25, 0.3) is 0 Å². The normalized spacial score (nSPS) is 17.3. The Hall–Kier alpha value is -3.07. The highest BCUT2D eigenvalue weighted by atomic mass is 32.2. The van der Waals surface area contributed by atoms with Gasteiger partial charge in [0.1, 0.15) is 5.82 Å². The molecule has 6 nitrogen and oxygen atoms in total. The van der Waals surface area contributed by atoms with Gasteiger partial charge in [0, 0.05) is 19.0 Å². The number of halogens is 1. The van der Waals surface area contributed by atoms with E-state index in [2.05, 4.69) is 32.0 Å². The average Bonchev–Trinajstić information content (AvgIpc) is 3.01. The highest BCUT2D eigenvalue weighted by molar-refractivity contribution is 7.89. The summed E-state index contributed by atoms with van der Waals surface area (Å²) in [5.41, 5.74) is 6.37. The van der Waals surface area contributed by atoms with Gasteiger partial charge in [0.2, 0.25) is 10.0 Å². The summed E-state index contributed by atoms with van der Waals surface area (Å²) in [6.45, 7) is 9.59. The number of hydrogen-bond acceptors (Lipinski definition) is 5. The topological polar surface area (TPSA) is 66.9 Å². The quantitative estimate of drug-likeness (QED) is 0.236. The third kappa shape index (κ3) is 8.11. The summed E-state index contributed by atoms with van der Waals surface area (Å²) in [7, 11) is 0.383. The first kappa shape index (κ1) is 32.8. The first-order chi connectivity index (χ1) is 20.4. The molecule has 2 atom stereocenters. The van der Waals surface area contributed by atoms with E-state index in [0.29, 0.717) is 17.9 Å². The smallest absolute Gasteiger partial charge is 0.306 e. The number of carbonyl (C=O) groups is 1. The third-order valence-corrected chi connectivity index (χ3v) is 10.2. The maximum Gasteiger partial charge on any atom is 0.306 e. The first-order valence-electron chi connectivity index (χ1n) is 15.2. The molecule has 3 aromatic rings. The van der Waals surface area contributed by atoms with Gasteiger partial charge in [-0.15, -0.1) is 0 Å². The third-order valence-electron chi connectivity index (χ3n) is 8.30. The van der Waals surface area contributed by atoms with Crippen LogP contribution < -0.4 is 0 Å². The maximum absolute atomic E-state index is 14.1. The fraction of sp³-hybridized carbons (Fsp3) is 0.457. The lowest BCUT2D eigenvalue weighted by molar-refractivity contribution is -0.143. The molecule has 0 aromatic heterocycles. The van der Waals surface area contributed by atoms with Crippen molar-refractivity contribution in [2.45, 2.75) is 70.7 Å². The fourth-order valence-electron chi connectivity index (χ4n) is 6.07. The molecule has 1 aliphatic rings. The highest BCUT2D eigenvalue weighted by Gasteiger charge is 2.33. The lowest BCUT2D eigenvalue weighted by atomic mass is 9.84. The Morgan fingerprint density at radius 3 is 2.53 bits per heavy atom. The van der Waals surface area contributed by atoms with Gasteiger partial charge in [0.15, 0.2) is 0 Å². The number of nitrogens with zero attached hydrogens (tertiary/aromatic N) is 2. The number of benzene rings is 3. The maximum atomic E-state index is 14.1. The molecule has 8 heteroatoms. The molecule has 0 spiro atoms. The number of carbonyl (C=O) groups excluding carboxylic acids is 1. The van der Waals surface area contributed by atoms with Gasteiger partial charge in [-0.05, 0) is 124 Å². The Kier molecular flexibility index (Phi) is 10.8. The van der Waals surface area contributed by atoms with E-state index in [0.717, 1.165) is 52.8 Å². The molecule has 0 N–H and O–H groups in total. The molecule has 0 saturated heterocycles. The van der Waals surface area contributed by atoms with E-state index in [1.54, 1.807) is 23.4 Å². The van der Waals surface area contributed by atoms with E-state index in [1.165, 1.54) is 17.7 Å². The molecule has 2 unspecified atom stereocenters. The number of fused-ring (bicyclic) bond motifs is 1. The number of sulfonamides is 1. The van der Waals surface area contributed by atoms with Crippen molar-refractivity contribution < 1.29 is 22.3 Å². The molecule has 0 amide bonds. The van der Waals surface area contributed by atoms with Crippen molar-refractivity contribution >= 4 is 16.0 Å². The van der Waals surface area contributed by atoms with Crippen LogP contribution in [-0.2, 0) is 38.9 Å². The van der Waals surface area contributed by atoms with E-state index in [1.807, 2.05) is 38.1 Å². The molecule has 0 bridgehead atoms. The molecule has 232 valence electrons. The number of ether oxygens (including phenoxy) is 1. The highest BCUT2D eigenvalue weighted by Crippen LogP contribution is 2.35. The molecular weight excluding hydrogens is 563 g/mol. The van der Waals surface area contributed by atoms with E-state index in [-0.39, 0.29) is 43.2 Å². The summed E-state index contributed by atoms with van der Waals surface area (Å²) in [6.07, 6.45) is 2.74. The van der Waals surface area contributed by atoms with E-state index >= 15 is 0 Å². The lowest BCUT2D eigenvalue weighted by Crippen LogP contribution is -2.33. The summed E-state index contributed by atoms with van der Waals surface area (Å²) in [6, 6.07) is 16.4. The van der Waals surface area contributed by atoms with Crippen molar-refractivity contribution in [1.82, 2.24) is 9.21 Å². The summed E-state index contributed by atoms with van der Waals surface area (Å²) in [5, 5.41) is 0. The summed E-state index contributed by atoms with van der Waals surface area (Å²) < 4.78 is 49.0. The first-order valence-corrected chi connectivity index (χ1v) is 16.6. The zero-order valence-corrected chi connectivity index (χ0v) is 27.1. The Labute approximate surface area is 256 Å². The summed E-state index contributed by atoms with van der Waals surface area (Å²) in [4.78, 5) is 15.2. The van der Waals surface area contributed by atoms with Crippen LogP contribution in [0.5, 0.6) is 0 Å². The van der Waals surface area contributed by atoms with Gasteiger partial charge in [-0.3, -0.25) is 4.79 Å². The van der Waals surface area contributed by atoms with Crippen LogP contribution in [0.1, 0.15) is 71.6 Å². The van der Waals surface area contributed by atoms with Gasteiger partial charge in [0.25, 0.3) is 0 Å². The number of hydrogen-bond donors (Lipinski definition) is 0. The molecular formula is C35H45FN2O4S. The van der Waals surface area contributed by atoms with Crippen LogP contribution in [0, 0.1) is 25.6 Å². The Bertz CT molecular complexity index is 1550. The van der Waals surface area contributed by atoms with Crippen molar-refractivity contribution in [2.24, 2.45) is 5.92 Å². The van der Waals surface area contributed by atoms with Gasteiger partial charge in [-0.1, -0.05) is 43.3 Å². The van der Waals surface area contributed by atoms with Gasteiger partial charge >= 0.3 is 5.97 Å². The van der Waals surface area contributed by atoms with Gasteiger partial charge in [-0.2, -0.15) is 4.31 Å². The summed E-state index contributed by atoms with van der Waals surface area (Å²) >= 11 is 0. The summed E-state index contributed by atoms with van der Waals surface area (Å²) in [5.74, 6) is -0.873. The number of rotatable bonds is 11. The van der Waals surface area contributed by atoms with Crippen molar-refractivity contribution in [3.05, 3.63) is 99.4 Å². The molecule has 1 aliphatic heterocycles. The van der Waals surface area contributed by atoms with E-state index < -0.39 is 10.0 Å². The average molecular weight is 609 g/mol. The minimum Gasteiger partial charge on any atom is -0.466 e. The molecule has 0 aliphatic carbocycles. The zero-order chi connectivity index (χ0) is 31.3. The van der Waals surface area contributed by atoms with Crippen LogP contribution in [-0.4, -0.2) is 57.4 Å². The van der Waals surface area contributed by atoms with E-state index in [4.69, 9.17) is 4.74 Å². The van der Waals surface area contributed by atoms with Crippen LogP contribution in [0.15, 0.2) is 59.5 Å². The predicted octanol–water partition coefficient (Wildman–Crippen LogP) is 6.40. The second-order valence-electron chi connectivity index (χ2n) is 12.2. The molecule has 1 heterocycles. The second kappa shape index (κ2) is 14.1. The van der Waals surface area contributed by atoms with Crippen molar-refractivity contribution in [3.63, 3.8) is 0 Å².